The number of nitrogens with one attached hydrogen (secondary N) is 1. The molecule has 0 aliphatic carbocycles. The molecule has 28 heavy (non-hydrogen) atoms. The zero-order valence-corrected chi connectivity index (χ0v) is 16.8. The predicted molar refractivity (Wildman–Crippen MR) is 106 cm³/mol. The topological polar surface area (TPSA) is 77.1 Å². The Hall–Kier alpha value is -2.93. The van der Waals surface area contributed by atoms with Gasteiger partial charge in [-0.3, -0.25) is 9.59 Å². The molecule has 0 saturated carbocycles. The number of carbonyl (C=O) groups is 2. The third kappa shape index (κ3) is 6.35. The Morgan fingerprint density at radius 2 is 1.71 bits per heavy atom. The lowest BCUT2D eigenvalue weighted by Crippen LogP contribution is -2.28. The van der Waals surface area contributed by atoms with Crippen molar-refractivity contribution in [1.82, 2.24) is 10.2 Å². The van der Waals surface area contributed by atoms with Crippen LogP contribution in [-0.4, -0.2) is 51.1 Å². The van der Waals surface area contributed by atoms with E-state index < -0.39 is 0 Å². The van der Waals surface area contributed by atoms with Crippen LogP contribution in [0.4, 0.5) is 0 Å². The van der Waals surface area contributed by atoms with Crippen molar-refractivity contribution < 1.29 is 23.8 Å². The zero-order valence-electron chi connectivity index (χ0n) is 16.0. The molecule has 2 amide bonds. The SMILES string of the molecule is COc1cc(CNC(=O)COc2ccccc2Cl)ccc1OCC(=O)N(C)C. The van der Waals surface area contributed by atoms with Gasteiger partial charge in [-0.25, -0.2) is 0 Å². The molecule has 2 rings (SSSR count). The second-order valence-corrected chi connectivity index (χ2v) is 6.47. The van der Waals surface area contributed by atoms with Gasteiger partial charge >= 0.3 is 0 Å². The fourth-order valence-corrected chi connectivity index (χ4v) is 2.36. The van der Waals surface area contributed by atoms with Crippen LogP contribution in [0.3, 0.4) is 0 Å². The van der Waals surface area contributed by atoms with Gasteiger partial charge in [0, 0.05) is 20.6 Å². The second-order valence-electron chi connectivity index (χ2n) is 6.06. The molecule has 0 bridgehead atoms. The molecule has 8 heteroatoms. The summed E-state index contributed by atoms with van der Waals surface area (Å²) in [6.07, 6.45) is 0. The van der Waals surface area contributed by atoms with Gasteiger partial charge in [0.1, 0.15) is 5.75 Å². The highest BCUT2D eigenvalue weighted by Gasteiger charge is 2.11. The molecule has 0 unspecified atom stereocenters. The lowest BCUT2D eigenvalue weighted by Gasteiger charge is -2.14. The van der Waals surface area contributed by atoms with Crippen LogP contribution in [0.1, 0.15) is 5.56 Å². The highest BCUT2D eigenvalue weighted by molar-refractivity contribution is 6.32. The fourth-order valence-electron chi connectivity index (χ4n) is 2.17. The minimum absolute atomic E-state index is 0.0845. The number of amides is 2. The van der Waals surface area contributed by atoms with Crippen molar-refractivity contribution >= 4 is 23.4 Å². The number of hydrogen-bond donors (Lipinski definition) is 1. The van der Waals surface area contributed by atoms with E-state index in [9.17, 15) is 9.59 Å². The number of ether oxygens (including phenoxy) is 3. The maximum absolute atomic E-state index is 12.0. The van der Waals surface area contributed by atoms with Crippen molar-refractivity contribution in [3.05, 3.63) is 53.1 Å². The number of nitrogens with zero attached hydrogens (tertiary/aromatic N) is 1. The van der Waals surface area contributed by atoms with Gasteiger partial charge in [-0.2, -0.15) is 0 Å². The normalized spacial score (nSPS) is 10.1. The second kappa shape index (κ2) is 10.4. The number of para-hydroxylation sites is 1. The Morgan fingerprint density at radius 3 is 2.39 bits per heavy atom. The predicted octanol–water partition coefficient (Wildman–Crippen LogP) is 2.51. The van der Waals surface area contributed by atoms with Crippen LogP contribution in [0.5, 0.6) is 17.2 Å². The molecule has 0 radical (unpaired) electrons. The van der Waals surface area contributed by atoms with E-state index in [0.29, 0.717) is 22.3 Å². The summed E-state index contributed by atoms with van der Waals surface area (Å²) >= 11 is 5.99. The van der Waals surface area contributed by atoms with Gasteiger partial charge in [0.05, 0.1) is 12.1 Å². The first-order valence-corrected chi connectivity index (χ1v) is 8.92. The third-order valence-electron chi connectivity index (χ3n) is 3.76. The quantitative estimate of drug-likeness (QED) is 0.692. The number of benzene rings is 2. The molecule has 2 aromatic rings. The van der Waals surface area contributed by atoms with Gasteiger partial charge in [0.2, 0.25) is 0 Å². The summed E-state index contributed by atoms with van der Waals surface area (Å²) < 4.78 is 16.2. The fraction of sp³-hybridized carbons (Fsp3) is 0.300. The highest BCUT2D eigenvalue weighted by atomic mass is 35.5. The Labute approximate surface area is 169 Å². The first-order chi connectivity index (χ1) is 13.4. The maximum atomic E-state index is 12.0. The van der Waals surface area contributed by atoms with Crippen molar-refractivity contribution in [2.75, 3.05) is 34.4 Å². The molecule has 2 aromatic carbocycles. The van der Waals surface area contributed by atoms with Crippen molar-refractivity contribution in [1.29, 1.82) is 0 Å². The van der Waals surface area contributed by atoms with Crippen LogP contribution < -0.4 is 19.5 Å². The van der Waals surface area contributed by atoms with Gasteiger partial charge in [-0.15, -0.1) is 0 Å². The monoisotopic (exact) mass is 406 g/mol. The molecule has 0 spiro atoms. The van der Waals surface area contributed by atoms with Gasteiger partial charge in [-0.1, -0.05) is 29.8 Å². The number of methoxy groups -OCH3 is 1. The van der Waals surface area contributed by atoms with Crippen molar-refractivity contribution in [3.63, 3.8) is 0 Å². The Bertz CT molecular complexity index is 826. The Kier molecular flexibility index (Phi) is 7.95. The van der Waals surface area contributed by atoms with E-state index >= 15 is 0 Å². The lowest BCUT2D eigenvalue weighted by molar-refractivity contribution is -0.130. The summed E-state index contributed by atoms with van der Waals surface area (Å²) in [6.45, 7) is 0.0610. The van der Waals surface area contributed by atoms with E-state index in [4.69, 9.17) is 25.8 Å². The molecule has 0 aromatic heterocycles. The smallest absolute Gasteiger partial charge is 0.259 e. The van der Waals surface area contributed by atoms with Gasteiger partial charge in [-0.05, 0) is 29.8 Å². The number of carbonyl (C=O) groups excluding carboxylic acids is 2. The molecule has 7 nitrogen and oxygen atoms in total. The van der Waals surface area contributed by atoms with Crippen LogP contribution in [-0.2, 0) is 16.1 Å². The number of likely N-dealkylation sites (N-methyl/N-ethyl adjacent to an activating group) is 1. The molecule has 0 heterocycles. The number of rotatable bonds is 9. The lowest BCUT2D eigenvalue weighted by atomic mass is 10.2. The summed E-state index contributed by atoms with van der Waals surface area (Å²) in [4.78, 5) is 25.1. The van der Waals surface area contributed by atoms with Crippen LogP contribution in [0, 0.1) is 0 Å². The number of hydrogen-bond acceptors (Lipinski definition) is 5. The Morgan fingerprint density at radius 1 is 1.00 bits per heavy atom. The molecule has 0 saturated heterocycles. The molecular formula is C20H23ClN2O5. The average molecular weight is 407 g/mol. The van der Waals surface area contributed by atoms with Gasteiger partial charge in [0.25, 0.3) is 11.8 Å². The van der Waals surface area contributed by atoms with Gasteiger partial charge in [0.15, 0.2) is 24.7 Å². The van der Waals surface area contributed by atoms with Crippen molar-refractivity contribution in [2.24, 2.45) is 0 Å². The summed E-state index contributed by atoms with van der Waals surface area (Å²) in [5.74, 6) is 0.947. The third-order valence-corrected chi connectivity index (χ3v) is 4.08. The Balaban J connectivity index is 1.87. The van der Waals surface area contributed by atoms with E-state index in [1.807, 2.05) is 0 Å². The van der Waals surface area contributed by atoms with E-state index in [-0.39, 0.29) is 31.6 Å². The molecule has 0 aliphatic heterocycles. The van der Waals surface area contributed by atoms with Gasteiger partial charge < -0.3 is 24.4 Å². The summed E-state index contributed by atoms with van der Waals surface area (Å²) in [5.41, 5.74) is 0.814. The molecule has 0 aliphatic rings. The first-order valence-electron chi connectivity index (χ1n) is 8.54. The van der Waals surface area contributed by atoms with E-state index in [1.54, 1.807) is 56.6 Å². The maximum Gasteiger partial charge on any atom is 0.259 e. The van der Waals surface area contributed by atoms with Crippen LogP contribution in [0.15, 0.2) is 42.5 Å². The molecule has 1 N–H and O–H groups in total. The van der Waals surface area contributed by atoms with E-state index in [2.05, 4.69) is 5.32 Å². The molecule has 0 fully saturated rings. The number of halogens is 1. The molecule has 150 valence electrons. The van der Waals surface area contributed by atoms with E-state index in [1.165, 1.54) is 12.0 Å². The molecular weight excluding hydrogens is 384 g/mol. The van der Waals surface area contributed by atoms with Crippen LogP contribution in [0.2, 0.25) is 5.02 Å². The molecule has 0 atom stereocenters. The first kappa shape index (κ1) is 21.4. The average Bonchev–Trinajstić information content (AvgIpc) is 2.69. The standard InChI is InChI=1S/C20H23ClN2O5/c1-23(2)20(25)13-28-17-9-8-14(10-18(17)26-3)11-22-19(24)12-27-16-7-5-4-6-15(16)21/h4-10H,11-13H2,1-3H3,(H,22,24). The zero-order chi connectivity index (χ0) is 20.5. The summed E-state index contributed by atoms with van der Waals surface area (Å²) in [5, 5.41) is 3.21. The summed E-state index contributed by atoms with van der Waals surface area (Å²) in [7, 11) is 4.82. The largest absolute Gasteiger partial charge is 0.493 e. The van der Waals surface area contributed by atoms with Crippen LogP contribution in [0.25, 0.3) is 0 Å². The van der Waals surface area contributed by atoms with Crippen molar-refractivity contribution in [3.8, 4) is 17.2 Å². The minimum atomic E-state index is -0.282. The minimum Gasteiger partial charge on any atom is -0.493 e. The van der Waals surface area contributed by atoms with E-state index in [0.717, 1.165) is 5.56 Å². The van der Waals surface area contributed by atoms with Crippen LogP contribution >= 0.6 is 11.6 Å². The summed E-state index contributed by atoms with van der Waals surface area (Å²) in [6, 6.07) is 12.2. The highest BCUT2D eigenvalue weighted by Crippen LogP contribution is 2.28. The van der Waals surface area contributed by atoms with Crippen molar-refractivity contribution in [2.45, 2.75) is 6.54 Å².